The van der Waals surface area contributed by atoms with Crippen molar-refractivity contribution in [3.05, 3.63) is 53.7 Å². The van der Waals surface area contributed by atoms with Gasteiger partial charge in [0.25, 0.3) is 5.91 Å². The van der Waals surface area contributed by atoms with Crippen molar-refractivity contribution in [1.82, 2.24) is 14.2 Å². The molecule has 43 heavy (non-hydrogen) atoms. The summed E-state index contributed by atoms with van der Waals surface area (Å²) in [5.74, 6) is 1.52. The first-order valence-electron chi connectivity index (χ1n) is 14.6. The summed E-state index contributed by atoms with van der Waals surface area (Å²) < 4.78 is 43.0. The van der Waals surface area contributed by atoms with E-state index >= 15 is 0 Å². The van der Waals surface area contributed by atoms with Crippen molar-refractivity contribution in [2.75, 3.05) is 64.1 Å². The van der Waals surface area contributed by atoms with Gasteiger partial charge in [-0.3, -0.25) is 9.59 Å². The quantitative estimate of drug-likeness (QED) is 0.415. The molecule has 4 heterocycles. The topological polar surface area (TPSA) is 119 Å². The summed E-state index contributed by atoms with van der Waals surface area (Å²) in [7, 11) is -1.65. The number of Topliss-reactive ketones (excluding diaryl/α,β-unsaturated/α-hetero) is 1. The van der Waals surface area contributed by atoms with Gasteiger partial charge < -0.3 is 24.0 Å². The van der Waals surface area contributed by atoms with Crippen molar-refractivity contribution in [2.45, 2.75) is 31.8 Å². The molecule has 1 aromatic heterocycles. The van der Waals surface area contributed by atoms with E-state index in [9.17, 15) is 18.0 Å². The smallest absolute Gasteiger partial charge is 0.272 e. The number of benzene rings is 2. The molecule has 0 aliphatic carbocycles. The van der Waals surface area contributed by atoms with Gasteiger partial charge >= 0.3 is 0 Å². The zero-order valence-electron chi connectivity index (χ0n) is 24.7. The molecular formula is C31H36N4O7S. The van der Waals surface area contributed by atoms with Crippen LogP contribution in [0.2, 0.25) is 0 Å². The zero-order valence-corrected chi connectivity index (χ0v) is 25.5. The van der Waals surface area contributed by atoms with Crippen molar-refractivity contribution in [3.63, 3.8) is 0 Å². The van der Waals surface area contributed by atoms with Gasteiger partial charge in [-0.2, -0.15) is 4.31 Å². The van der Waals surface area contributed by atoms with Crippen LogP contribution in [0.25, 0.3) is 10.9 Å². The van der Waals surface area contributed by atoms with E-state index < -0.39 is 15.6 Å². The number of pyridine rings is 1. The number of sulfonamides is 1. The number of ketones is 1. The van der Waals surface area contributed by atoms with Gasteiger partial charge in [0.15, 0.2) is 5.78 Å². The van der Waals surface area contributed by atoms with Crippen LogP contribution in [-0.2, 0) is 10.0 Å². The summed E-state index contributed by atoms with van der Waals surface area (Å²) in [5.41, 5.74) is 1.62. The lowest BCUT2D eigenvalue weighted by atomic mass is 9.82. The van der Waals surface area contributed by atoms with E-state index in [4.69, 9.17) is 14.2 Å². The predicted octanol–water partition coefficient (Wildman–Crippen LogP) is 3.36. The van der Waals surface area contributed by atoms with Crippen molar-refractivity contribution in [1.29, 1.82) is 0 Å². The Morgan fingerprint density at radius 3 is 2.44 bits per heavy atom. The normalized spacial score (nSPS) is 18.8. The van der Waals surface area contributed by atoms with Crippen LogP contribution in [0.5, 0.6) is 17.2 Å². The lowest BCUT2D eigenvalue weighted by Crippen LogP contribution is -2.52. The zero-order chi connectivity index (χ0) is 30.4. The van der Waals surface area contributed by atoms with Crippen LogP contribution >= 0.6 is 0 Å². The molecule has 2 fully saturated rings. The number of amides is 1. The first-order valence-corrected chi connectivity index (χ1v) is 16.4. The third-order valence-electron chi connectivity index (χ3n) is 8.61. The number of fused-ring (bicyclic) bond motifs is 2. The largest absolute Gasteiger partial charge is 0.494 e. The number of piperidine rings is 1. The van der Waals surface area contributed by atoms with Crippen molar-refractivity contribution in [2.24, 2.45) is 0 Å². The molecular weight excluding hydrogens is 572 g/mol. The van der Waals surface area contributed by atoms with Crippen LogP contribution in [0.15, 0.2) is 42.5 Å². The average Bonchev–Trinajstić information content (AvgIpc) is 3.00. The minimum Gasteiger partial charge on any atom is -0.494 e. The molecule has 0 saturated carbocycles. The van der Waals surface area contributed by atoms with Crippen LogP contribution in [0.1, 0.15) is 47.0 Å². The number of hydrogen-bond acceptors (Lipinski definition) is 9. The fourth-order valence-electron chi connectivity index (χ4n) is 6.26. The Hall–Kier alpha value is -3.90. The van der Waals surface area contributed by atoms with Crippen LogP contribution in [0.3, 0.4) is 0 Å². The molecule has 3 aliphatic heterocycles. The molecule has 0 atom stereocenters. The van der Waals surface area contributed by atoms with Gasteiger partial charge in [0.1, 0.15) is 34.1 Å². The Kier molecular flexibility index (Phi) is 7.67. The number of methoxy groups -OCH3 is 1. The second kappa shape index (κ2) is 11.3. The monoisotopic (exact) mass is 608 g/mol. The SMILES string of the molecule is CCOc1cc(C(=O)N2CCC3(CC2)CC(=O)c2cc(N4CCN(S(C)(=O)=O)CC4)ccc2O3)nc2c(OC)cccc12. The van der Waals surface area contributed by atoms with Crippen LogP contribution in [0.4, 0.5) is 5.69 Å². The number of para-hydroxylation sites is 1. The van der Waals surface area contributed by atoms with Crippen molar-refractivity contribution >= 4 is 38.3 Å². The van der Waals surface area contributed by atoms with Gasteiger partial charge in [-0.25, -0.2) is 13.4 Å². The predicted molar refractivity (Wildman–Crippen MR) is 162 cm³/mol. The summed E-state index contributed by atoms with van der Waals surface area (Å²) in [4.78, 5) is 35.5. The van der Waals surface area contributed by atoms with Crippen molar-refractivity contribution < 1.29 is 32.2 Å². The molecule has 1 amide bonds. The number of likely N-dealkylation sites (tertiary alicyclic amines) is 1. The third-order valence-corrected chi connectivity index (χ3v) is 9.91. The second-order valence-corrected chi connectivity index (χ2v) is 13.3. The highest BCUT2D eigenvalue weighted by Gasteiger charge is 2.44. The van der Waals surface area contributed by atoms with E-state index in [0.717, 1.165) is 11.1 Å². The molecule has 12 heteroatoms. The highest BCUT2D eigenvalue weighted by atomic mass is 32.2. The molecule has 228 valence electrons. The summed E-state index contributed by atoms with van der Waals surface area (Å²) in [6, 6.07) is 12.9. The van der Waals surface area contributed by atoms with Crippen LogP contribution in [-0.4, -0.2) is 99.1 Å². The Balaban J connectivity index is 1.15. The molecule has 3 aliphatic rings. The number of nitrogens with zero attached hydrogens (tertiary/aromatic N) is 4. The number of aromatic nitrogens is 1. The molecule has 0 radical (unpaired) electrons. The minimum atomic E-state index is -3.22. The maximum Gasteiger partial charge on any atom is 0.272 e. The maximum absolute atomic E-state index is 13.6. The van der Waals surface area contributed by atoms with Gasteiger partial charge in [-0.15, -0.1) is 0 Å². The number of carbonyl (C=O) groups excluding carboxylic acids is 2. The van der Waals surface area contributed by atoms with Crippen LogP contribution < -0.4 is 19.1 Å². The summed E-state index contributed by atoms with van der Waals surface area (Å²) in [6.45, 7) is 5.13. The minimum absolute atomic E-state index is 0.0160. The number of ether oxygens (including phenoxy) is 3. The van der Waals surface area contributed by atoms with Crippen molar-refractivity contribution in [3.8, 4) is 17.2 Å². The fourth-order valence-corrected chi connectivity index (χ4v) is 7.08. The molecule has 0 bridgehead atoms. The highest BCUT2D eigenvalue weighted by Crippen LogP contribution is 2.41. The average molecular weight is 609 g/mol. The first kappa shape index (κ1) is 29.2. The van der Waals surface area contributed by atoms with Gasteiger partial charge in [-0.1, -0.05) is 6.07 Å². The van der Waals surface area contributed by atoms with E-state index in [-0.39, 0.29) is 23.8 Å². The number of rotatable bonds is 6. The summed E-state index contributed by atoms with van der Waals surface area (Å²) in [6.07, 6.45) is 2.51. The summed E-state index contributed by atoms with van der Waals surface area (Å²) >= 11 is 0. The fraction of sp³-hybridized carbons (Fsp3) is 0.452. The molecule has 3 aromatic rings. The molecule has 0 N–H and O–H groups in total. The number of carbonyl (C=O) groups is 2. The Labute approximate surface area is 251 Å². The number of anilines is 1. The Morgan fingerprint density at radius 2 is 1.77 bits per heavy atom. The molecule has 2 aromatic carbocycles. The van der Waals surface area contributed by atoms with Crippen LogP contribution in [0, 0.1) is 0 Å². The molecule has 6 rings (SSSR count). The van der Waals surface area contributed by atoms with Gasteiger partial charge in [0.2, 0.25) is 10.0 Å². The Morgan fingerprint density at radius 1 is 1.02 bits per heavy atom. The Bertz CT molecular complexity index is 1680. The lowest BCUT2D eigenvalue weighted by molar-refractivity contribution is -0.00584. The third kappa shape index (κ3) is 5.61. The van der Waals surface area contributed by atoms with E-state index in [1.54, 1.807) is 24.1 Å². The van der Waals surface area contributed by atoms with E-state index in [2.05, 4.69) is 9.88 Å². The number of piperazine rings is 1. The molecule has 1 spiro atoms. The molecule has 0 unspecified atom stereocenters. The summed E-state index contributed by atoms with van der Waals surface area (Å²) in [5, 5.41) is 0.780. The lowest BCUT2D eigenvalue weighted by Gasteiger charge is -2.44. The molecule has 2 saturated heterocycles. The van der Waals surface area contributed by atoms with E-state index in [1.807, 2.05) is 37.3 Å². The first-order chi connectivity index (χ1) is 20.6. The number of hydrogen-bond donors (Lipinski definition) is 0. The molecule has 11 nitrogen and oxygen atoms in total. The highest BCUT2D eigenvalue weighted by molar-refractivity contribution is 7.88. The van der Waals surface area contributed by atoms with Gasteiger partial charge in [0, 0.05) is 69.3 Å². The van der Waals surface area contributed by atoms with E-state index in [0.29, 0.717) is 87.0 Å². The van der Waals surface area contributed by atoms with Gasteiger partial charge in [-0.05, 0) is 37.3 Å². The second-order valence-electron chi connectivity index (χ2n) is 11.3. The van der Waals surface area contributed by atoms with E-state index in [1.165, 1.54) is 10.6 Å². The maximum atomic E-state index is 13.6. The standard InChI is InChI=1S/C31H36N4O7S/c1-4-41-28-19-24(32-29-22(28)6-5-7-27(29)40-2)30(37)34-12-10-31(11-13-34)20-25(36)23-18-21(8-9-26(23)42-31)33-14-16-35(17-15-33)43(3,38)39/h5-9,18-19H,4,10-17,20H2,1-3H3. The van der Waals surface area contributed by atoms with Gasteiger partial charge in [0.05, 0.1) is 32.0 Å².